The first-order valence-corrected chi connectivity index (χ1v) is 5.59. The van der Waals surface area contributed by atoms with Gasteiger partial charge in [0.15, 0.2) is 0 Å². The fourth-order valence-corrected chi connectivity index (χ4v) is 2.37. The van der Waals surface area contributed by atoms with Gasteiger partial charge in [0.1, 0.15) is 0 Å². The minimum atomic E-state index is 0.540. The Labute approximate surface area is 90.9 Å². The molecule has 0 spiro atoms. The van der Waals surface area contributed by atoms with E-state index in [4.69, 9.17) is 0 Å². The highest BCUT2D eigenvalue weighted by Gasteiger charge is 2.16. The first-order valence-electron chi connectivity index (χ1n) is 5.59. The van der Waals surface area contributed by atoms with Crippen LogP contribution in [0, 0.1) is 0 Å². The molecule has 15 heavy (non-hydrogen) atoms. The van der Waals surface area contributed by atoms with Crippen molar-refractivity contribution >= 4 is 11.0 Å². The van der Waals surface area contributed by atoms with Gasteiger partial charge in [-0.2, -0.15) is 0 Å². The van der Waals surface area contributed by atoms with E-state index in [-0.39, 0.29) is 0 Å². The molecule has 0 aromatic carbocycles. The maximum atomic E-state index is 4.51. The molecular weight excluding hydrogens is 184 g/mol. The van der Waals surface area contributed by atoms with Crippen LogP contribution in [0.1, 0.15) is 37.9 Å². The zero-order valence-electron chi connectivity index (χ0n) is 9.91. The smallest absolute Gasteiger partial charge is 0.0918 e. The topological polar surface area (TPSA) is 17.8 Å². The van der Waals surface area contributed by atoms with Crippen LogP contribution in [0.5, 0.6) is 0 Å². The average Bonchev–Trinajstić information content (AvgIpc) is 2.52. The predicted octanol–water partition coefficient (Wildman–Crippen LogP) is 3.26. The van der Waals surface area contributed by atoms with Crippen molar-refractivity contribution in [3.8, 4) is 0 Å². The van der Waals surface area contributed by atoms with Crippen molar-refractivity contribution in [1.29, 1.82) is 0 Å². The fourth-order valence-electron chi connectivity index (χ4n) is 2.37. The van der Waals surface area contributed by atoms with Crippen LogP contribution in [0.15, 0.2) is 18.3 Å². The third kappa shape index (κ3) is 1.44. The van der Waals surface area contributed by atoms with Crippen molar-refractivity contribution < 1.29 is 0 Å². The molecule has 0 amide bonds. The monoisotopic (exact) mass is 202 g/mol. The predicted molar refractivity (Wildman–Crippen MR) is 64.2 cm³/mol. The second-order valence-corrected chi connectivity index (χ2v) is 4.30. The van der Waals surface area contributed by atoms with Crippen LogP contribution in [-0.2, 0) is 13.5 Å². The third-order valence-corrected chi connectivity index (χ3v) is 3.03. The first kappa shape index (κ1) is 10.2. The Kier molecular flexibility index (Phi) is 2.51. The highest BCUT2D eigenvalue weighted by molar-refractivity contribution is 5.81. The minimum absolute atomic E-state index is 0.540. The largest absolute Gasteiger partial charge is 0.346 e. The zero-order valence-corrected chi connectivity index (χ0v) is 9.91. The summed E-state index contributed by atoms with van der Waals surface area (Å²) in [5.41, 5.74) is 5.25. The molecule has 0 saturated heterocycles. The van der Waals surface area contributed by atoms with Crippen LogP contribution < -0.4 is 0 Å². The van der Waals surface area contributed by atoms with Crippen LogP contribution in [0.2, 0.25) is 0 Å². The molecule has 0 unspecified atom stereocenters. The van der Waals surface area contributed by atoms with Gasteiger partial charge in [-0.3, -0.25) is 4.98 Å². The summed E-state index contributed by atoms with van der Waals surface area (Å²) in [5, 5.41) is 0. The lowest BCUT2D eigenvalue weighted by molar-refractivity contribution is 0.797. The number of aromatic nitrogens is 2. The summed E-state index contributed by atoms with van der Waals surface area (Å²) in [5.74, 6) is 0.540. The number of nitrogens with zero attached hydrogens (tertiary/aromatic N) is 2. The molecule has 2 nitrogen and oxygen atoms in total. The second-order valence-electron chi connectivity index (χ2n) is 4.30. The lowest BCUT2D eigenvalue weighted by Gasteiger charge is -2.07. The fraction of sp³-hybridized carbons (Fsp3) is 0.462. The van der Waals surface area contributed by atoms with E-state index in [0.717, 1.165) is 6.42 Å². The number of hydrogen-bond acceptors (Lipinski definition) is 1. The van der Waals surface area contributed by atoms with E-state index in [1.807, 2.05) is 12.3 Å². The molecular formula is C13H18N2. The van der Waals surface area contributed by atoms with Gasteiger partial charge in [0, 0.05) is 24.5 Å². The lowest BCUT2D eigenvalue weighted by Crippen LogP contribution is -1.98. The molecule has 2 heteroatoms. The van der Waals surface area contributed by atoms with Gasteiger partial charge in [0.2, 0.25) is 0 Å². The van der Waals surface area contributed by atoms with Crippen molar-refractivity contribution in [2.45, 2.75) is 33.1 Å². The Hall–Kier alpha value is -1.31. The molecule has 2 heterocycles. The Morgan fingerprint density at radius 1 is 1.40 bits per heavy atom. The summed E-state index contributed by atoms with van der Waals surface area (Å²) in [7, 11) is 2.13. The SMILES string of the molecule is CCc1c(C(C)C)c2ncccc2n1C. The summed E-state index contributed by atoms with van der Waals surface area (Å²) >= 11 is 0. The van der Waals surface area contributed by atoms with Gasteiger partial charge in [-0.1, -0.05) is 20.8 Å². The van der Waals surface area contributed by atoms with E-state index in [9.17, 15) is 0 Å². The van der Waals surface area contributed by atoms with Crippen LogP contribution in [0.25, 0.3) is 11.0 Å². The van der Waals surface area contributed by atoms with Crippen LogP contribution in [-0.4, -0.2) is 9.55 Å². The van der Waals surface area contributed by atoms with Crippen molar-refractivity contribution in [2.75, 3.05) is 0 Å². The Morgan fingerprint density at radius 3 is 2.73 bits per heavy atom. The molecule has 0 aliphatic heterocycles. The first-order chi connectivity index (χ1) is 7.16. The molecule has 0 aliphatic carbocycles. The zero-order chi connectivity index (χ0) is 11.0. The summed E-state index contributed by atoms with van der Waals surface area (Å²) in [6.07, 6.45) is 2.95. The van der Waals surface area contributed by atoms with E-state index in [1.165, 1.54) is 22.3 Å². The van der Waals surface area contributed by atoms with Crippen molar-refractivity contribution in [3.05, 3.63) is 29.6 Å². The molecule has 2 aromatic rings. The summed E-state index contributed by atoms with van der Waals surface area (Å²) in [4.78, 5) is 4.51. The molecule has 0 N–H and O–H groups in total. The van der Waals surface area contributed by atoms with Crippen molar-refractivity contribution in [2.24, 2.45) is 7.05 Å². The molecule has 0 saturated carbocycles. The molecule has 0 fully saturated rings. The van der Waals surface area contributed by atoms with Crippen molar-refractivity contribution in [3.63, 3.8) is 0 Å². The van der Waals surface area contributed by atoms with Gasteiger partial charge in [-0.25, -0.2) is 0 Å². The van der Waals surface area contributed by atoms with Gasteiger partial charge in [0.25, 0.3) is 0 Å². The van der Waals surface area contributed by atoms with E-state index >= 15 is 0 Å². The average molecular weight is 202 g/mol. The molecule has 0 atom stereocenters. The number of hydrogen-bond donors (Lipinski definition) is 0. The van der Waals surface area contributed by atoms with E-state index in [0.29, 0.717) is 5.92 Å². The summed E-state index contributed by atoms with van der Waals surface area (Å²) in [6, 6.07) is 4.15. The van der Waals surface area contributed by atoms with E-state index < -0.39 is 0 Å². The van der Waals surface area contributed by atoms with E-state index in [2.05, 4.69) is 43.4 Å². The summed E-state index contributed by atoms with van der Waals surface area (Å²) < 4.78 is 2.28. The molecule has 2 rings (SSSR count). The summed E-state index contributed by atoms with van der Waals surface area (Å²) in [6.45, 7) is 6.69. The highest BCUT2D eigenvalue weighted by Crippen LogP contribution is 2.29. The number of pyridine rings is 1. The Morgan fingerprint density at radius 2 is 2.13 bits per heavy atom. The molecule has 2 aromatic heterocycles. The highest BCUT2D eigenvalue weighted by atomic mass is 15.0. The molecule has 0 aliphatic rings. The maximum Gasteiger partial charge on any atom is 0.0918 e. The molecule has 80 valence electrons. The number of aryl methyl sites for hydroxylation is 1. The van der Waals surface area contributed by atoms with Gasteiger partial charge in [-0.15, -0.1) is 0 Å². The number of rotatable bonds is 2. The van der Waals surface area contributed by atoms with E-state index in [1.54, 1.807) is 0 Å². The standard InChI is InChI=1S/C13H18N2/c1-5-10-12(9(2)3)13-11(15(10)4)7-6-8-14-13/h6-9H,5H2,1-4H3. The van der Waals surface area contributed by atoms with Crippen LogP contribution in [0.4, 0.5) is 0 Å². The van der Waals surface area contributed by atoms with Gasteiger partial charge in [0.05, 0.1) is 11.0 Å². The third-order valence-electron chi connectivity index (χ3n) is 3.03. The number of fused-ring (bicyclic) bond motifs is 1. The normalized spacial score (nSPS) is 11.5. The van der Waals surface area contributed by atoms with Crippen LogP contribution in [0.3, 0.4) is 0 Å². The van der Waals surface area contributed by atoms with Crippen LogP contribution >= 0.6 is 0 Å². The maximum absolute atomic E-state index is 4.51. The van der Waals surface area contributed by atoms with Gasteiger partial charge in [-0.05, 0) is 24.5 Å². The van der Waals surface area contributed by atoms with Gasteiger partial charge < -0.3 is 4.57 Å². The molecule has 0 radical (unpaired) electrons. The quantitative estimate of drug-likeness (QED) is 0.731. The minimum Gasteiger partial charge on any atom is -0.346 e. The second kappa shape index (κ2) is 3.69. The Balaban J connectivity index is 2.85. The Bertz CT molecular complexity index is 480. The van der Waals surface area contributed by atoms with Gasteiger partial charge >= 0.3 is 0 Å². The molecule has 0 bridgehead atoms. The van der Waals surface area contributed by atoms with Crippen molar-refractivity contribution in [1.82, 2.24) is 9.55 Å². The lowest BCUT2D eigenvalue weighted by atomic mass is 10.0.